The van der Waals surface area contributed by atoms with Crippen molar-refractivity contribution in [2.24, 2.45) is 0 Å². The first-order valence-electron chi connectivity index (χ1n) is 5.82. The zero-order valence-corrected chi connectivity index (χ0v) is 15.9. The predicted octanol–water partition coefficient (Wildman–Crippen LogP) is 5.78. The molecule has 19 heavy (non-hydrogen) atoms. The van der Waals surface area contributed by atoms with Gasteiger partial charge in [-0.15, -0.1) is 0 Å². The van der Waals surface area contributed by atoms with Crippen molar-refractivity contribution in [1.82, 2.24) is 0 Å². The molecule has 0 fully saturated rings. The summed E-state index contributed by atoms with van der Waals surface area (Å²) in [6.45, 7) is 0. The van der Waals surface area contributed by atoms with Crippen LogP contribution in [0.3, 0.4) is 0 Å². The normalized spacial score (nSPS) is 11.6. The molecule has 0 aliphatic heterocycles. The van der Waals surface area contributed by atoms with E-state index in [0.29, 0.717) is 8.87 Å². The summed E-state index contributed by atoms with van der Waals surface area (Å²) in [4.78, 5) is 0. The van der Waals surface area contributed by atoms with E-state index >= 15 is 0 Å². The summed E-state index contributed by atoms with van der Waals surface area (Å²) in [5.74, 6) is 0. The van der Waals surface area contributed by atoms with Crippen molar-refractivity contribution in [2.45, 2.75) is 8.87 Å². The monoisotopic (exact) mass is 440 g/mol. The van der Waals surface area contributed by atoms with E-state index in [9.17, 15) is 0 Å². The van der Waals surface area contributed by atoms with E-state index < -0.39 is 16.1 Å². The summed E-state index contributed by atoms with van der Waals surface area (Å²) >= 11 is 9.05. The average molecular weight is 441 g/mol. The molecule has 0 saturated carbocycles. The molecule has 0 nitrogen and oxygen atoms in total. The maximum atomic E-state index is 6.61. The van der Waals surface area contributed by atoms with Gasteiger partial charge in [0.05, 0.1) is 0 Å². The van der Waals surface area contributed by atoms with E-state index in [0.717, 1.165) is 21.2 Å². The van der Waals surface area contributed by atoms with Gasteiger partial charge in [-0.05, 0) is 0 Å². The Balaban J connectivity index is 2.15. The Morgan fingerprint density at radius 3 is 1.42 bits per heavy atom. The average Bonchev–Trinajstić information content (AvgIpc) is 2.35. The predicted molar refractivity (Wildman–Crippen MR) is 87.8 cm³/mol. The third kappa shape index (κ3) is 4.71. The topological polar surface area (TPSA) is 0 Å². The van der Waals surface area contributed by atoms with E-state index in [2.05, 4.69) is 0 Å². The van der Waals surface area contributed by atoms with Gasteiger partial charge in [0.2, 0.25) is 0 Å². The van der Waals surface area contributed by atoms with Gasteiger partial charge in [0.1, 0.15) is 0 Å². The van der Waals surface area contributed by atoms with E-state index in [-0.39, 0.29) is 0 Å². The van der Waals surface area contributed by atoms with Crippen LogP contribution in [0.25, 0.3) is 0 Å². The first-order chi connectivity index (χ1) is 8.98. The van der Waals surface area contributed by atoms with Gasteiger partial charge in [0.15, 0.2) is 0 Å². The molecule has 0 N–H and O–H groups in total. The fourth-order valence-electron chi connectivity index (χ4n) is 1.90. The summed E-state index contributed by atoms with van der Waals surface area (Å²) in [5, 5.41) is 1.45. The van der Waals surface area contributed by atoms with Gasteiger partial charge in [0.25, 0.3) is 0 Å². The minimum atomic E-state index is -3.26. The molecule has 2 aromatic carbocycles. The molecule has 0 aliphatic rings. The molecule has 0 bridgehead atoms. The van der Waals surface area contributed by atoms with Crippen molar-refractivity contribution in [3.8, 4) is 0 Å². The molecule has 100 valence electrons. The van der Waals surface area contributed by atoms with Crippen LogP contribution in [0.2, 0.25) is 10.0 Å². The Morgan fingerprint density at radius 2 is 1.05 bits per heavy atom. The zero-order chi connectivity index (χ0) is 13.9. The Bertz CT molecular complexity index is 519. The van der Waals surface area contributed by atoms with Gasteiger partial charge >= 0.3 is 136 Å². The van der Waals surface area contributed by atoms with Crippen LogP contribution < -0.4 is 0 Å². The van der Waals surface area contributed by atoms with Crippen LogP contribution in [0.4, 0.5) is 0 Å². The quantitative estimate of drug-likeness (QED) is 0.529. The molecule has 0 radical (unpaired) electrons. The molecular formula is C14H12Cl4Sn. The minimum absolute atomic E-state index is 0.683. The number of halogens is 4. The molecule has 0 aromatic heterocycles. The molecule has 0 spiro atoms. The van der Waals surface area contributed by atoms with Crippen molar-refractivity contribution < 1.29 is 0 Å². The fraction of sp³-hybridized carbons (Fsp3) is 0.143. The van der Waals surface area contributed by atoms with Crippen molar-refractivity contribution in [3.05, 3.63) is 69.7 Å². The van der Waals surface area contributed by atoms with E-state index in [4.69, 9.17) is 41.0 Å². The molecule has 0 unspecified atom stereocenters. The van der Waals surface area contributed by atoms with Gasteiger partial charge in [-0.1, -0.05) is 0 Å². The van der Waals surface area contributed by atoms with Gasteiger partial charge in [-0.2, -0.15) is 0 Å². The molecule has 2 rings (SSSR count). The van der Waals surface area contributed by atoms with Crippen LogP contribution in [0.1, 0.15) is 11.1 Å². The van der Waals surface area contributed by atoms with Gasteiger partial charge in [-0.3, -0.25) is 0 Å². The van der Waals surface area contributed by atoms with Crippen molar-refractivity contribution >= 4 is 57.2 Å². The maximum absolute atomic E-state index is 6.61. The molecule has 0 aliphatic carbocycles. The molecular weight excluding hydrogens is 429 g/mol. The fourth-order valence-corrected chi connectivity index (χ4v) is 12.1. The van der Waals surface area contributed by atoms with Crippen molar-refractivity contribution in [1.29, 1.82) is 0 Å². The summed E-state index contributed by atoms with van der Waals surface area (Å²) < 4.78 is 1.37. The second-order valence-corrected chi connectivity index (χ2v) is 23.1. The van der Waals surface area contributed by atoms with Crippen LogP contribution in [0.5, 0.6) is 0 Å². The molecule has 0 atom stereocenters. The van der Waals surface area contributed by atoms with Crippen LogP contribution in [0.15, 0.2) is 48.5 Å². The van der Waals surface area contributed by atoms with Crippen LogP contribution in [-0.4, -0.2) is 16.1 Å². The van der Waals surface area contributed by atoms with Crippen LogP contribution in [-0.2, 0) is 8.87 Å². The number of rotatable bonds is 4. The number of benzene rings is 2. The Labute approximate surface area is 134 Å². The Morgan fingerprint density at radius 1 is 0.684 bits per heavy atom. The van der Waals surface area contributed by atoms with Gasteiger partial charge < -0.3 is 0 Å². The van der Waals surface area contributed by atoms with Crippen LogP contribution >= 0.6 is 41.0 Å². The van der Waals surface area contributed by atoms with Crippen molar-refractivity contribution in [3.63, 3.8) is 0 Å². The first kappa shape index (κ1) is 15.8. The number of hydrogen-bond acceptors (Lipinski definition) is 0. The summed E-state index contributed by atoms with van der Waals surface area (Å²) in [7, 11) is 13.2. The van der Waals surface area contributed by atoms with Crippen LogP contribution in [0, 0.1) is 0 Å². The second-order valence-electron chi connectivity index (χ2n) is 4.39. The number of hydrogen-bond donors (Lipinski definition) is 0. The third-order valence-electron chi connectivity index (χ3n) is 2.81. The standard InChI is InChI=1S/2C7H6Cl.2ClH.Sn/c2*1-6-4-2-3-5-7(6)8;;;/h2*2-5H,1H2;2*1H;/q;;;;+2/p-2. The summed E-state index contributed by atoms with van der Waals surface area (Å²) in [6.07, 6.45) is 0. The molecule has 5 heteroatoms. The second kappa shape index (κ2) is 6.91. The first-order valence-corrected chi connectivity index (χ1v) is 17.8. The third-order valence-corrected chi connectivity index (χ3v) is 12.3. The molecule has 0 amide bonds. The van der Waals surface area contributed by atoms with E-state index in [1.165, 1.54) is 0 Å². The SMILES string of the molecule is Clc1ccccc1[CH2][Sn]([Cl])([Cl])[CH2]c1ccccc1Cl. The zero-order valence-electron chi connectivity index (χ0n) is 10.0. The molecule has 0 saturated heterocycles. The Kier molecular flexibility index (Phi) is 5.74. The molecule has 0 heterocycles. The van der Waals surface area contributed by atoms with E-state index in [1.807, 2.05) is 48.5 Å². The van der Waals surface area contributed by atoms with Crippen molar-refractivity contribution in [2.75, 3.05) is 0 Å². The molecule has 2 aromatic rings. The van der Waals surface area contributed by atoms with E-state index in [1.54, 1.807) is 0 Å². The summed E-state index contributed by atoms with van der Waals surface area (Å²) in [6, 6.07) is 15.4. The summed E-state index contributed by atoms with van der Waals surface area (Å²) in [5.41, 5.74) is 2.05. The Hall–Kier alpha value is 0.399. The van der Waals surface area contributed by atoms with Gasteiger partial charge in [0, 0.05) is 0 Å². The van der Waals surface area contributed by atoms with Gasteiger partial charge in [-0.25, -0.2) is 0 Å².